The van der Waals surface area contributed by atoms with Gasteiger partial charge in [0.1, 0.15) is 11.9 Å². The summed E-state index contributed by atoms with van der Waals surface area (Å²) in [6.45, 7) is 0.547. The molecule has 4 rings (SSSR count). The Morgan fingerprint density at radius 3 is 2.02 bits per heavy atom. The number of carboxylic acid groups (broad SMARTS) is 1. The molecule has 0 bridgehead atoms. The highest BCUT2D eigenvalue weighted by molar-refractivity contribution is 5.71. The molecule has 0 aliphatic carbocycles. The fraction of sp³-hybridized carbons (Fsp3) is 0.353. The quantitative estimate of drug-likeness (QED) is 0.127. The van der Waals surface area contributed by atoms with Gasteiger partial charge in [0.25, 0.3) is 0 Å². The molecule has 1 unspecified atom stereocenters. The predicted molar refractivity (Wildman–Crippen MR) is 158 cm³/mol. The molecule has 7 nitrogen and oxygen atoms in total. The first kappa shape index (κ1) is 38.7. The maximum Gasteiger partial charge on any atom is 0.416 e. The van der Waals surface area contributed by atoms with Crippen molar-refractivity contribution in [2.45, 2.75) is 63.4 Å². The fourth-order valence-corrected chi connectivity index (χ4v) is 5.12. The van der Waals surface area contributed by atoms with Gasteiger partial charge in [0.2, 0.25) is 0 Å². The van der Waals surface area contributed by atoms with Crippen LogP contribution in [0.25, 0.3) is 0 Å². The molecular formula is C34H27F10NO6. The molecule has 1 saturated heterocycles. The van der Waals surface area contributed by atoms with E-state index >= 15 is 0 Å². The zero-order chi connectivity index (χ0) is 37.9. The van der Waals surface area contributed by atoms with Crippen molar-refractivity contribution < 1.29 is 72.8 Å². The van der Waals surface area contributed by atoms with Crippen molar-refractivity contribution in [3.8, 4) is 23.3 Å². The lowest BCUT2D eigenvalue weighted by atomic mass is 9.97. The summed E-state index contributed by atoms with van der Waals surface area (Å²) in [6, 6.07) is 3.94. The summed E-state index contributed by atoms with van der Waals surface area (Å²) in [5, 5.41) is 8.75. The molecule has 274 valence electrons. The van der Waals surface area contributed by atoms with Gasteiger partial charge in [-0.1, -0.05) is 11.8 Å². The second kappa shape index (κ2) is 15.0. The third kappa shape index (κ3) is 9.56. The number of rotatable bonds is 10. The largest absolute Gasteiger partial charge is 0.495 e. The van der Waals surface area contributed by atoms with Gasteiger partial charge in [0.05, 0.1) is 48.6 Å². The first-order chi connectivity index (χ1) is 23.7. The third-order valence-corrected chi connectivity index (χ3v) is 7.73. The van der Waals surface area contributed by atoms with Crippen molar-refractivity contribution in [3.05, 3.63) is 93.3 Å². The number of carbonyl (C=O) groups excluding carboxylic acids is 1. The SMILES string of the molecule is COc1cc(F)c(OCCCCC(=O)O)cc1C#Cc1ccc(C(F)(F)F)cc1CN1C(=O)OC(c2cc(C(F)(F)F)cc(C(F)(F)F)c2)[C@@H]1C. The van der Waals surface area contributed by atoms with Crippen molar-refractivity contribution >= 4 is 12.1 Å². The maximum atomic E-state index is 14.6. The van der Waals surface area contributed by atoms with Gasteiger partial charge in [0, 0.05) is 24.1 Å². The molecule has 51 heavy (non-hydrogen) atoms. The van der Waals surface area contributed by atoms with E-state index in [9.17, 15) is 53.5 Å². The van der Waals surface area contributed by atoms with Crippen LogP contribution in [0.5, 0.6) is 11.5 Å². The number of alkyl halides is 9. The lowest BCUT2D eigenvalue weighted by Crippen LogP contribution is -2.32. The predicted octanol–water partition coefficient (Wildman–Crippen LogP) is 9.01. The van der Waals surface area contributed by atoms with Crippen LogP contribution in [0.4, 0.5) is 48.7 Å². The Morgan fingerprint density at radius 2 is 1.45 bits per heavy atom. The third-order valence-electron chi connectivity index (χ3n) is 7.73. The number of benzene rings is 3. The Bertz CT molecular complexity index is 1810. The van der Waals surface area contributed by atoms with Crippen molar-refractivity contribution in [2.24, 2.45) is 0 Å². The summed E-state index contributed by atoms with van der Waals surface area (Å²) in [5.41, 5.74) is -5.33. The number of nitrogens with zero attached hydrogens (tertiary/aromatic N) is 1. The molecule has 0 aromatic heterocycles. The van der Waals surface area contributed by atoms with Gasteiger partial charge in [-0.3, -0.25) is 9.69 Å². The Balaban J connectivity index is 1.69. The van der Waals surface area contributed by atoms with E-state index < -0.39 is 77.4 Å². The van der Waals surface area contributed by atoms with E-state index in [4.69, 9.17) is 19.3 Å². The first-order valence-corrected chi connectivity index (χ1v) is 14.9. The summed E-state index contributed by atoms with van der Waals surface area (Å²) in [7, 11) is 1.20. The van der Waals surface area contributed by atoms with Crippen molar-refractivity contribution in [1.82, 2.24) is 4.90 Å². The zero-order valence-corrected chi connectivity index (χ0v) is 26.5. The summed E-state index contributed by atoms with van der Waals surface area (Å²) in [4.78, 5) is 24.5. The number of halogens is 10. The zero-order valence-electron chi connectivity index (χ0n) is 26.5. The van der Waals surface area contributed by atoms with Crippen LogP contribution in [-0.2, 0) is 34.6 Å². The molecule has 1 aliphatic rings. The van der Waals surface area contributed by atoms with Gasteiger partial charge in [-0.25, -0.2) is 9.18 Å². The molecule has 1 N–H and O–H groups in total. The average Bonchev–Trinajstić information content (AvgIpc) is 3.31. The van der Waals surface area contributed by atoms with Crippen LogP contribution in [0.1, 0.15) is 71.2 Å². The van der Waals surface area contributed by atoms with E-state index in [1.807, 2.05) is 0 Å². The van der Waals surface area contributed by atoms with Crippen LogP contribution in [0, 0.1) is 17.7 Å². The number of hydrogen-bond acceptors (Lipinski definition) is 5. The highest BCUT2D eigenvalue weighted by atomic mass is 19.4. The molecule has 0 radical (unpaired) electrons. The number of hydrogen-bond donors (Lipinski definition) is 1. The minimum absolute atomic E-state index is 0.0318. The molecule has 1 fully saturated rings. The summed E-state index contributed by atoms with van der Waals surface area (Å²) in [5.74, 6) is 3.09. The van der Waals surface area contributed by atoms with E-state index in [1.165, 1.54) is 14.0 Å². The van der Waals surface area contributed by atoms with Gasteiger partial charge in [0.15, 0.2) is 11.6 Å². The monoisotopic (exact) mass is 735 g/mol. The molecule has 3 aromatic rings. The lowest BCUT2D eigenvalue weighted by Gasteiger charge is -2.23. The topological polar surface area (TPSA) is 85.3 Å². The van der Waals surface area contributed by atoms with Gasteiger partial charge in [-0.2, -0.15) is 39.5 Å². The lowest BCUT2D eigenvalue weighted by molar-refractivity contribution is -0.143. The Hall–Kier alpha value is -5.14. The number of carbonyl (C=O) groups is 2. The van der Waals surface area contributed by atoms with Crippen LogP contribution < -0.4 is 9.47 Å². The van der Waals surface area contributed by atoms with Gasteiger partial charge >= 0.3 is 30.6 Å². The Labute approximate surface area is 283 Å². The Morgan fingerprint density at radius 1 is 0.843 bits per heavy atom. The number of ether oxygens (including phenoxy) is 3. The van der Waals surface area contributed by atoms with Crippen LogP contribution >= 0.6 is 0 Å². The van der Waals surface area contributed by atoms with Crippen LogP contribution in [0.3, 0.4) is 0 Å². The molecule has 0 saturated carbocycles. The van der Waals surface area contributed by atoms with Crippen LogP contribution in [-0.4, -0.2) is 41.8 Å². The Kier molecular flexibility index (Phi) is 11.4. The number of aliphatic carboxylic acids is 1. The maximum absolute atomic E-state index is 14.6. The van der Waals surface area contributed by atoms with E-state index in [-0.39, 0.29) is 60.1 Å². The van der Waals surface area contributed by atoms with Crippen molar-refractivity contribution in [3.63, 3.8) is 0 Å². The highest BCUT2D eigenvalue weighted by Crippen LogP contribution is 2.41. The molecule has 1 amide bonds. The molecular weight excluding hydrogens is 708 g/mol. The second-order valence-electron chi connectivity index (χ2n) is 11.3. The second-order valence-corrected chi connectivity index (χ2v) is 11.3. The van der Waals surface area contributed by atoms with Crippen molar-refractivity contribution in [1.29, 1.82) is 0 Å². The number of carboxylic acids is 1. The molecule has 1 heterocycles. The van der Waals surface area contributed by atoms with E-state index in [1.54, 1.807) is 0 Å². The fourth-order valence-electron chi connectivity index (χ4n) is 5.12. The molecule has 17 heteroatoms. The van der Waals surface area contributed by atoms with E-state index in [2.05, 4.69) is 11.8 Å². The smallest absolute Gasteiger partial charge is 0.416 e. The molecule has 2 atom stereocenters. The number of amides is 1. The minimum atomic E-state index is -5.19. The van der Waals surface area contributed by atoms with Crippen LogP contribution in [0.15, 0.2) is 48.5 Å². The standard InChI is InChI=1S/C34H27F10NO6/c1-18-30(21-11-24(33(39,40)41)15-25(12-21)34(42,43)44)51-31(48)45(18)17-22-13-23(32(36,37)38)9-8-19(22)6-7-20-14-28(26(35)16-27(20)49-2)50-10-4-3-5-29(46)47/h8-9,11-16,18,30H,3-5,10,17H2,1-2H3,(H,46,47)/t18-,30?/m0/s1. The summed E-state index contributed by atoms with van der Waals surface area (Å²) < 4.78 is 152. The number of cyclic esters (lactones) is 1. The highest BCUT2D eigenvalue weighted by Gasteiger charge is 2.43. The molecule has 1 aliphatic heterocycles. The molecule has 3 aromatic carbocycles. The van der Waals surface area contributed by atoms with Gasteiger partial charge in [-0.15, -0.1) is 0 Å². The number of unbranched alkanes of at least 4 members (excludes halogenated alkanes) is 1. The molecule has 0 spiro atoms. The summed E-state index contributed by atoms with van der Waals surface area (Å²) in [6.07, 6.45) is -17.7. The first-order valence-electron chi connectivity index (χ1n) is 14.9. The van der Waals surface area contributed by atoms with E-state index in [0.717, 1.165) is 23.1 Å². The van der Waals surface area contributed by atoms with E-state index in [0.29, 0.717) is 24.3 Å². The average molecular weight is 736 g/mol. The minimum Gasteiger partial charge on any atom is -0.495 e. The van der Waals surface area contributed by atoms with Crippen molar-refractivity contribution in [2.75, 3.05) is 13.7 Å². The number of methoxy groups -OCH3 is 1. The normalized spacial score (nSPS) is 16.4. The van der Waals surface area contributed by atoms with Gasteiger partial charge < -0.3 is 19.3 Å². The summed E-state index contributed by atoms with van der Waals surface area (Å²) >= 11 is 0. The van der Waals surface area contributed by atoms with Crippen LogP contribution in [0.2, 0.25) is 0 Å². The van der Waals surface area contributed by atoms with Gasteiger partial charge in [-0.05, 0) is 67.3 Å².